The molecule has 6 nitrogen and oxygen atoms in total. The van der Waals surface area contributed by atoms with Crippen molar-refractivity contribution in [1.82, 2.24) is 20.4 Å². The van der Waals surface area contributed by atoms with Crippen LogP contribution in [0.3, 0.4) is 0 Å². The zero-order valence-corrected chi connectivity index (χ0v) is 17.8. The lowest BCUT2D eigenvalue weighted by molar-refractivity contribution is 0.0952. The zero-order valence-electron chi connectivity index (χ0n) is 17.0. The Morgan fingerprint density at radius 2 is 1.97 bits per heavy atom. The van der Waals surface area contributed by atoms with Gasteiger partial charge < -0.3 is 15.4 Å². The second-order valence-corrected chi connectivity index (χ2v) is 7.28. The number of rotatable bonds is 7. The van der Waals surface area contributed by atoms with E-state index >= 15 is 0 Å². The minimum Gasteiger partial charge on any atom is -0.496 e. The topological polar surface area (TPSA) is 68.2 Å². The van der Waals surface area contributed by atoms with Gasteiger partial charge in [-0.25, -0.2) is 4.68 Å². The fraction of sp³-hybridized carbons (Fsp3) is 0.304. The SMILES string of the molecule is COc1ccccc1-c1nn(-c2ccccc2)cc1C(=O)NCCC1CCNC1.Cl. The van der Waals surface area contributed by atoms with Crippen molar-refractivity contribution in [2.45, 2.75) is 12.8 Å². The molecule has 1 amide bonds. The van der Waals surface area contributed by atoms with E-state index in [2.05, 4.69) is 10.6 Å². The van der Waals surface area contributed by atoms with Crippen molar-refractivity contribution < 1.29 is 9.53 Å². The van der Waals surface area contributed by atoms with Gasteiger partial charge in [-0.3, -0.25) is 4.79 Å². The highest BCUT2D eigenvalue weighted by atomic mass is 35.5. The van der Waals surface area contributed by atoms with Crippen LogP contribution in [-0.4, -0.2) is 42.4 Å². The van der Waals surface area contributed by atoms with Crippen LogP contribution in [0.2, 0.25) is 0 Å². The lowest BCUT2D eigenvalue weighted by atomic mass is 10.0. The molecule has 1 saturated heterocycles. The van der Waals surface area contributed by atoms with Gasteiger partial charge in [0.1, 0.15) is 11.4 Å². The highest BCUT2D eigenvalue weighted by Gasteiger charge is 2.21. The van der Waals surface area contributed by atoms with Crippen LogP contribution in [0.25, 0.3) is 16.9 Å². The van der Waals surface area contributed by atoms with Gasteiger partial charge >= 0.3 is 0 Å². The molecule has 1 unspecified atom stereocenters. The maximum atomic E-state index is 13.0. The molecular weight excluding hydrogens is 400 g/mol. The first-order valence-electron chi connectivity index (χ1n) is 10.0. The Hall–Kier alpha value is -2.83. The third-order valence-corrected chi connectivity index (χ3v) is 5.34. The highest BCUT2D eigenvalue weighted by Crippen LogP contribution is 2.31. The van der Waals surface area contributed by atoms with Crippen molar-refractivity contribution in [3.05, 3.63) is 66.4 Å². The summed E-state index contributed by atoms with van der Waals surface area (Å²) in [5.41, 5.74) is 2.86. The molecule has 2 N–H and O–H groups in total. The first-order chi connectivity index (χ1) is 14.3. The van der Waals surface area contributed by atoms with Gasteiger partial charge in [-0.1, -0.05) is 30.3 Å². The Morgan fingerprint density at radius 3 is 2.70 bits per heavy atom. The summed E-state index contributed by atoms with van der Waals surface area (Å²) >= 11 is 0. The van der Waals surface area contributed by atoms with Crippen LogP contribution in [-0.2, 0) is 0 Å². The Bertz CT molecular complexity index is 968. The molecule has 0 spiro atoms. The van der Waals surface area contributed by atoms with Crippen LogP contribution in [0, 0.1) is 5.92 Å². The monoisotopic (exact) mass is 426 g/mol. The Morgan fingerprint density at radius 1 is 1.20 bits per heavy atom. The summed E-state index contributed by atoms with van der Waals surface area (Å²) in [6, 6.07) is 17.4. The van der Waals surface area contributed by atoms with Crippen LogP contribution < -0.4 is 15.4 Å². The van der Waals surface area contributed by atoms with Gasteiger partial charge in [-0.05, 0) is 56.1 Å². The van der Waals surface area contributed by atoms with E-state index in [-0.39, 0.29) is 18.3 Å². The lowest BCUT2D eigenvalue weighted by Gasteiger charge is -2.10. The summed E-state index contributed by atoms with van der Waals surface area (Å²) in [4.78, 5) is 13.0. The summed E-state index contributed by atoms with van der Waals surface area (Å²) in [5, 5.41) is 11.2. The second-order valence-electron chi connectivity index (χ2n) is 7.28. The molecule has 1 aromatic heterocycles. The van der Waals surface area contributed by atoms with Gasteiger partial charge in [0.25, 0.3) is 5.91 Å². The van der Waals surface area contributed by atoms with Crippen molar-refractivity contribution >= 4 is 18.3 Å². The van der Waals surface area contributed by atoms with Crippen LogP contribution in [0.5, 0.6) is 5.75 Å². The number of aromatic nitrogens is 2. The van der Waals surface area contributed by atoms with E-state index in [1.54, 1.807) is 18.0 Å². The third kappa shape index (κ3) is 4.83. The van der Waals surface area contributed by atoms with E-state index in [1.165, 1.54) is 6.42 Å². The number of ether oxygens (including phenoxy) is 1. The molecule has 4 rings (SSSR count). The smallest absolute Gasteiger partial charge is 0.255 e. The van der Waals surface area contributed by atoms with Crippen LogP contribution in [0.15, 0.2) is 60.8 Å². The van der Waals surface area contributed by atoms with Gasteiger partial charge in [-0.15, -0.1) is 12.4 Å². The quantitative estimate of drug-likeness (QED) is 0.604. The average Bonchev–Trinajstić information content (AvgIpc) is 3.44. The summed E-state index contributed by atoms with van der Waals surface area (Å²) in [6.45, 7) is 2.77. The van der Waals surface area contributed by atoms with Crippen molar-refractivity contribution in [3.8, 4) is 22.7 Å². The summed E-state index contributed by atoms with van der Waals surface area (Å²) < 4.78 is 7.26. The molecule has 2 heterocycles. The molecule has 7 heteroatoms. The molecule has 2 aromatic carbocycles. The predicted octanol–water partition coefficient (Wildman–Crippen LogP) is 3.70. The van der Waals surface area contributed by atoms with E-state index in [0.29, 0.717) is 29.5 Å². The number of benzene rings is 2. The van der Waals surface area contributed by atoms with Crippen molar-refractivity contribution in [3.63, 3.8) is 0 Å². The molecule has 3 aromatic rings. The standard InChI is InChI=1S/C23H26N4O2.ClH/c1-29-21-10-6-5-9-19(21)22-20(16-27(26-22)18-7-3-2-4-8-18)23(28)25-14-12-17-11-13-24-15-17;/h2-10,16-17,24H,11-15H2,1H3,(H,25,28);1H. The van der Waals surface area contributed by atoms with Gasteiger partial charge in [0.15, 0.2) is 0 Å². The highest BCUT2D eigenvalue weighted by molar-refractivity contribution is 6.00. The van der Waals surface area contributed by atoms with Crippen molar-refractivity contribution in [1.29, 1.82) is 0 Å². The maximum absolute atomic E-state index is 13.0. The first kappa shape index (κ1) is 21.9. The summed E-state index contributed by atoms with van der Waals surface area (Å²) in [5.74, 6) is 1.21. The fourth-order valence-corrected chi connectivity index (χ4v) is 3.74. The molecule has 0 radical (unpaired) electrons. The average molecular weight is 427 g/mol. The molecule has 1 fully saturated rings. The summed E-state index contributed by atoms with van der Waals surface area (Å²) in [7, 11) is 1.63. The Balaban J connectivity index is 0.00000256. The van der Waals surface area contributed by atoms with Crippen molar-refractivity contribution in [2.75, 3.05) is 26.7 Å². The van der Waals surface area contributed by atoms with Crippen LogP contribution >= 0.6 is 12.4 Å². The molecule has 30 heavy (non-hydrogen) atoms. The number of carbonyl (C=O) groups excluding carboxylic acids is 1. The van der Waals surface area contributed by atoms with Gasteiger partial charge in [0, 0.05) is 18.3 Å². The molecule has 1 aliphatic heterocycles. The minimum atomic E-state index is -0.112. The van der Waals surface area contributed by atoms with E-state index < -0.39 is 0 Å². The van der Waals surface area contributed by atoms with Crippen LogP contribution in [0.4, 0.5) is 0 Å². The second kappa shape index (κ2) is 10.3. The number of carbonyl (C=O) groups is 1. The molecule has 158 valence electrons. The molecule has 0 saturated carbocycles. The van der Waals surface area contributed by atoms with E-state index in [0.717, 1.165) is 30.8 Å². The van der Waals surface area contributed by atoms with Gasteiger partial charge in [-0.2, -0.15) is 5.10 Å². The molecular formula is C23H27ClN4O2. The Kier molecular flexibility index (Phi) is 7.49. The minimum absolute atomic E-state index is 0. The zero-order chi connectivity index (χ0) is 20.1. The number of halogens is 1. The third-order valence-electron chi connectivity index (χ3n) is 5.34. The fourth-order valence-electron chi connectivity index (χ4n) is 3.74. The Labute approximate surface area is 183 Å². The molecule has 1 aliphatic rings. The first-order valence-corrected chi connectivity index (χ1v) is 10.0. The number of amides is 1. The number of methoxy groups -OCH3 is 1. The predicted molar refractivity (Wildman–Crippen MR) is 121 cm³/mol. The normalized spacial score (nSPS) is 15.4. The largest absolute Gasteiger partial charge is 0.496 e. The number of hydrogen-bond acceptors (Lipinski definition) is 4. The van der Waals surface area contributed by atoms with Gasteiger partial charge in [0.2, 0.25) is 0 Å². The van der Waals surface area contributed by atoms with Crippen LogP contribution in [0.1, 0.15) is 23.2 Å². The summed E-state index contributed by atoms with van der Waals surface area (Å²) in [6.07, 6.45) is 3.95. The van der Waals surface area contributed by atoms with E-state index in [4.69, 9.17) is 9.84 Å². The molecule has 0 aliphatic carbocycles. The number of hydrogen-bond donors (Lipinski definition) is 2. The number of nitrogens with one attached hydrogen (secondary N) is 2. The van der Waals surface area contributed by atoms with Crippen molar-refractivity contribution in [2.24, 2.45) is 5.92 Å². The number of para-hydroxylation sites is 2. The van der Waals surface area contributed by atoms with E-state index in [9.17, 15) is 4.79 Å². The van der Waals surface area contributed by atoms with Gasteiger partial charge in [0.05, 0.1) is 18.4 Å². The molecule has 0 bridgehead atoms. The van der Waals surface area contributed by atoms with E-state index in [1.807, 2.05) is 54.6 Å². The molecule has 1 atom stereocenters. The number of nitrogens with zero attached hydrogens (tertiary/aromatic N) is 2. The lowest BCUT2D eigenvalue weighted by Crippen LogP contribution is -2.26. The maximum Gasteiger partial charge on any atom is 0.255 e.